The van der Waals surface area contributed by atoms with Crippen LogP contribution in [-0.4, -0.2) is 66.8 Å². The van der Waals surface area contributed by atoms with Gasteiger partial charge in [-0.1, -0.05) is 0 Å². The highest BCUT2D eigenvalue weighted by atomic mass is 16.6. The minimum atomic E-state index is -0.542. The van der Waals surface area contributed by atoms with E-state index >= 15 is 0 Å². The average molecular weight is 275 g/mol. The summed E-state index contributed by atoms with van der Waals surface area (Å²) in [6, 6.07) is 0. The third-order valence-electron chi connectivity index (χ3n) is 2.62. The van der Waals surface area contributed by atoms with Gasteiger partial charge in [0.25, 0.3) is 0 Å². The van der Waals surface area contributed by atoms with Crippen molar-refractivity contribution in [3.63, 3.8) is 0 Å². The van der Waals surface area contributed by atoms with Crippen molar-refractivity contribution >= 4 is 6.09 Å². The van der Waals surface area contributed by atoms with Gasteiger partial charge in [0.15, 0.2) is 0 Å². The first-order valence-corrected chi connectivity index (χ1v) is 6.67. The van der Waals surface area contributed by atoms with Crippen molar-refractivity contribution in [2.24, 2.45) is 0 Å². The fourth-order valence-electron chi connectivity index (χ4n) is 1.84. The van der Waals surface area contributed by atoms with Crippen LogP contribution in [0.25, 0.3) is 0 Å². The molecule has 1 heterocycles. The van der Waals surface area contributed by atoms with Crippen LogP contribution in [0.1, 0.15) is 27.7 Å². The molecule has 2 atom stereocenters. The molecule has 0 aromatic rings. The molecule has 1 aliphatic heterocycles. The molecule has 19 heavy (non-hydrogen) atoms. The number of nitrogens with zero attached hydrogens (tertiary/aromatic N) is 1. The van der Waals surface area contributed by atoms with Gasteiger partial charge >= 0.3 is 6.09 Å². The molecule has 6 heteroatoms. The first-order chi connectivity index (χ1) is 8.85. The van der Waals surface area contributed by atoms with Crippen molar-refractivity contribution in [3.05, 3.63) is 0 Å². The van der Waals surface area contributed by atoms with Gasteiger partial charge in [0.2, 0.25) is 0 Å². The number of rotatable bonds is 3. The summed E-state index contributed by atoms with van der Waals surface area (Å²) in [5.41, 5.74) is -0.542. The maximum atomic E-state index is 12.1. The number of carbonyl (C=O) groups is 1. The van der Waals surface area contributed by atoms with Gasteiger partial charge in [-0.15, -0.1) is 0 Å². The lowest BCUT2D eigenvalue weighted by Crippen LogP contribution is -2.43. The fourth-order valence-corrected chi connectivity index (χ4v) is 1.84. The van der Waals surface area contributed by atoms with E-state index in [1.807, 2.05) is 27.7 Å². The summed E-state index contributed by atoms with van der Waals surface area (Å²) < 4.78 is 16.4. The van der Waals surface area contributed by atoms with Crippen LogP contribution >= 0.6 is 0 Å². The molecule has 0 aliphatic carbocycles. The van der Waals surface area contributed by atoms with Crippen molar-refractivity contribution in [3.8, 4) is 0 Å². The second kappa shape index (κ2) is 7.07. The largest absolute Gasteiger partial charge is 0.444 e. The summed E-state index contributed by atoms with van der Waals surface area (Å²) in [6.45, 7) is 8.89. The van der Waals surface area contributed by atoms with Gasteiger partial charge in [-0.3, -0.25) is 0 Å². The first kappa shape index (κ1) is 16.2. The Morgan fingerprint density at radius 3 is 2.63 bits per heavy atom. The maximum absolute atomic E-state index is 12.1. The van der Waals surface area contributed by atoms with Gasteiger partial charge < -0.3 is 24.2 Å². The van der Waals surface area contributed by atoms with Crippen LogP contribution in [0.2, 0.25) is 0 Å². The topological polar surface area (TPSA) is 68.2 Å². The van der Waals surface area contributed by atoms with Crippen molar-refractivity contribution < 1.29 is 24.1 Å². The lowest BCUT2D eigenvalue weighted by molar-refractivity contribution is -0.0351. The van der Waals surface area contributed by atoms with E-state index in [0.717, 1.165) is 0 Å². The Morgan fingerprint density at radius 1 is 1.42 bits per heavy atom. The summed E-state index contributed by atoms with van der Waals surface area (Å²) in [4.78, 5) is 13.6. The quantitative estimate of drug-likeness (QED) is 0.833. The first-order valence-electron chi connectivity index (χ1n) is 6.67. The second-order valence-electron chi connectivity index (χ2n) is 5.60. The molecular weight excluding hydrogens is 250 g/mol. The lowest BCUT2D eigenvalue weighted by atomic mass is 10.2. The summed E-state index contributed by atoms with van der Waals surface area (Å²) in [5, 5.41) is 9.22. The highest BCUT2D eigenvalue weighted by Crippen LogP contribution is 2.14. The molecule has 1 amide bonds. The van der Waals surface area contributed by atoms with Crippen LogP contribution in [0.4, 0.5) is 4.79 Å². The molecule has 1 N–H and O–H groups in total. The highest BCUT2D eigenvalue weighted by Gasteiger charge is 2.30. The number of aliphatic hydroxyl groups is 1. The predicted molar refractivity (Wildman–Crippen MR) is 70.0 cm³/mol. The Labute approximate surface area is 114 Å². The van der Waals surface area contributed by atoms with Crippen molar-refractivity contribution in [1.82, 2.24) is 4.90 Å². The van der Waals surface area contributed by atoms with Crippen LogP contribution in [0.3, 0.4) is 0 Å². The van der Waals surface area contributed by atoms with E-state index in [0.29, 0.717) is 26.3 Å². The maximum Gasteiger partial charge on any atom is 0.410 e. The van der Waals surface area contributed by atoms with Gasteiger partial charge in [-0.05, 0) is 27.7 Å². The number of aliphatic hydroxyl groups excluding tert-OH is 1. The van der Waals surface area contributed by atoms with Gasteiger partial charge in [0.1, 0.15) is 5.60 Å². The molecule has 1 saturated heterocycles. The van der Waals surface area contributed by atoms with Crippen molar-refractivity contribution in [2.45, 2.75) is 45.5 Å². The van der Waals surface area contributed by atoms with Crippen molar-refractivity contribution in [2.75, 3.05) is 32.9 Å². The summed E-state index contributed by atoms with van der Waals surface area (Å²) in [6.07, 6.45) is -0.979. The van der Waals surface area contributed by atoms with E-state index < -0.39 is 17.8 Å². The molecule has 0 aromatic carbocycles. The number of hydrogen-bond acceptors (Lipinski definition) is 5. The number of hydrogen-bond donors (Lipinski definition) is 1. The van der Waals surface area contributed by atoms with Gasteiger partial charge in [0, 0.05) is 6.61 Å². The van der Waals surface area contributed by atoms with E-state index in [9.17, 15) is 9.90 Å². The van der Waals surface area contributed by atoms with Crippen LogP contribution in [0.15, 0.2) is 0 Å². The van der Waals surface area contributed by atoms with Crippen LogP contribution in [0.5, 0.6) is 0 Å². The number of amides is 1. The summed E-state index contributed by atoms with van der Waals surface area (Å²) in [7, 11) is 0. The number of ether oxygens (including phenoxy) is 3. The third-order valence-corrected chi connectivity index (χ3v) is 2.62. The molecular formula is C13H25NO5. The van der Waals surface area contributed by atoms with Crippen LogP contribution in [-0.2, 0) is 14.2 Å². The standard InChI is InChI=1S/C13H25NO5/c1-5-17-11-7-14(6-10(8-15)18-9-11)12(16)19-13(2,3)4/h10-11,15H,5-9H2,1-4H3/t10-,11+/m0/s1. The van der Waals surface area contributed by atoms with Crippen molar-refractivity contribution in [1.29, 1.82) is 0 Å². The Kier molecular flexibility index (Phi) is 6.03. The third kappa shape index (κ3) is 5.76. The smallest absolute Gasteiger partial charge is 0.410 e. The molecule has 0 bridgehead atoms. The monoisotopic (exact) mass is 275 g/mol. The van der Waals surface area contributed by atoms with Crippen LogP contribution in [0, 0.1) is 0 Å². The molecule has 6 nitrogen and oxygen atoms in total. The normalized spacial score (nSPS) is 25.0. The van der Waals surface area contributed by atoms with Gasteiger partial charge in [-0.2, -0.15) is 0 Å². The molecule has 0 unspecified atom stereocenters. The fraction of sp³-hybridized carbons (Fsp3) is 0.923. The second-order valence-corrected chi connectivity index (χ2v) is 5.60. The van der Waals surface area contributed by atoms with Crippen LogP contribution < -0.4 is 0 Å². The molecule has 1 aliphatic rings. The Morgan fingerprint density at radius 2 is 2.11 bits per heavy atom. The van der Waals surface area contributed by atoms with Gasteiger partial charge in [0.05, 0.1) is 38.5 Å². The minimum absolute atomic E-state index is 0.127. The molecule has 112 valence electrons. The predicted octanol–water partition coefficient (Wildman–Crippen LogP) is 1.02. The van der Waals surface area contributed by atoms with E-state index in [1.54, 1.807) is 4.90 Å². The zero-order chi connectivity index (χ0) is 14.5. The summed E-state index contributed by atoms with van der Waals surface area (Å²) in [5.74, 6) is 0. The Balaban J connectivity index is 2.68. The highest BCUT2D eigenvalue weighted by molar-refractivity contribution is 5.68. The molecule has 0 aromatic heterocycles. The molecule has 0 radical (unpaired) electrons. The minimum Gasteiger partial charge on any atom is -0.444 e. The molecule has 1 fully saturated rings. The molecule has 0 saturated carbocycles. The van der Waals surface area contributed by atoms with Gasteiger partial charge in [-0.25, -0.2) is 4.79 Å². The molecule has 0 spiro atoms. The van der Waals surface area contributed by atoms with E-state index in [2.05, 4.69) is 0 Å². The average Bonchev–Trinajstić information content (AvgIpc) is 2.50. The zero-order valence-corrected chi connectivity index (χ0v) is 12.2. The van der Waals surface area contributed by atoms with E-state index in [1.165, 1.54) is 0 Å². The molecule has 1 rings (SSSR count). The Hall–Kier alpha value is -0.850. The van der Waals surface area contributed by atoms with E-state index in [4.69, 9.17) is 14.2 Å². The van der Waals surface area contributed by atoms with E-state index in [-0.39, 0.29) is 12.7 Å². The lowest BCUT2D eigenvalue weighted by Gasteiger charge is -2.28. The number of carbonyl (C=O) groups excluding carboxylic acids is 1. The zero-order valence-electron chi connectivity index (χ0n) is 12.2. The Bertz CT molecular complexity index is 289. The summed E-state index contributed by atoms with van der Waals surface area (Å²) >= 11 is 0. The SMILES string of the molecule is CCO[C@H]1CO[C@H](CO)CN(C(=O)OC(C)(C)C)C1.